The summed E-state index contributed by atoms with van der Waals surface area (Å²) >= 11 is 0. The lowest BCUT2D eigenvalue weighted by Gasteiger charge is -2.22. The first kappa shape index (κ1) is 14.1. The number of aromatic nitrogens is 1. The maximum absolute atomic E-state index is 12.4. The van der Waals surface area contributed by atoms with Crippen molar-refractivity contribution in [2.24, 2.45) is 0 Å². The number of nitrogens with zero attached hydrogens (tertiary/aromatic N) is 2. The molecule has 20 heavy (non-hydrogen) atoms. The number of likely N-dealkylation sites (N-methyl/N-ethyl adjacent to an activating group) is 1. The zero-order chi connectivity index (χ0) is 14.5. The van der Waals surface area contributed by atoms with Gasteiger partial charge in [0.2, 0.25) is 5.91 Å². The molecule has 2 rings (SSSR count). The molecule has 0 aliphatic heterocycles. The zero-order valence-electron chi connectivity index (χ0n) is 11.8. The summed E-state index contributed by atoms with van der Waals surface area (Å²) in [6.07, 6.45) is 1.86. The largest absolute Gasteiger partial charge is 0.397 e. The molecule has 0 radical (unpaired) electrons. The van der Waals surface area contributed by atoms with E-state index in [0.717, 1.165) is 16.9 Å². The van der Waals surface area contributed by atoms with Crippen LogP contribution in [0.1, 0.15) is 18.2 Å². The van der Waals surface area contributed by atoms with Crippen LogP contribution in [0.2, 0.25) is 0 Å². The Morgan fingerprint density at radius 1 is 1.25 bits per heavy atom. The van der Waals surface area contributed by atoms with Gasteiger partial charge in [0.1, 0.15) is 0 Å². The molecule has 0 aliphatic rings. The Bertz CT molecular complexity index is 593. The van der Waals surface area contributed by atoms with Gasteiger partial charge < -0.3 is 10.6 Å². The Kier molecular flexibility index (Phi) is 4.35. The highest BCUT2D eigenvalue weighted by atomic mass is 16.2. The van der Waals surface area contributed by atoms with Crippen molar-refractivity contribution in [3.05, 3.63) is 53.9 Å². The minimum Gasteiger partial charge on any atom is -0.397 e. The maximum Gasteiger partial charge on any atom is 0.232 e. The van der Waals surface area contributed by atoms with Crippen molar-refractivity contribution in [3.63, 3.8) is 0 Å². The van der Waals surface area contributed by atoms with E-state index in [1.807, 2.05) is 38.1 Å². The smallest absolute Gasteiger partial charge is 0.232 e. The number of hydrogen-bond acceptors (Lipinski definition) is 3. The fourth-order valence-corrected chi connectivity index (χ4v) is 2.14. The van der Waals surface area contributed by atoms with Gasteiger partial charge in [-0.25, -0.2) is 0 Å². The normalized spacial score (nSPS) is 10.3. The van der Waals surface area contributed by atoms with Gasteiger partial charge in [-0.2, -0.15) is 0 Å². The average Bonchev–Trinajstić information content (AvgIpc) is 2.44. The van der Waals surface area contributed by atoms with E-state index in [4.69, 9.17) is 5.73 Å². The van der Waals surface area contributed by atoms with Gasteiger partial charge in [0, 0.05) is 17.9 Å². The molecule has 0 fully saturated rings. The van der Waals surface area contributed by atoms with Crippen molar-refractivity contribution in [2.75, 3.05) is 17.2 Å². The van der Waals surface area contributed by atoms with E-state index >= 15 is 0 Å². The first-order valence-corrected chi connectivity index (χ1v) is 6.68. The molecular formula is C16H19N3O. The summed E-state index contributed by atoms with van der Waals surface area (Å²) in [5.41, 5.74) is 8.98. The first-order chi connectivity index (χ1) is 9.61. The lowest BCUT2D eigenvalue weighted by molar-refractivity contribution is -0.118. The van der Waals surface area contributed by atoms with Crippen molar-refractivity contribution >= 4 is 17.3 Å². The van der Waals surface area contributed by atoms with E-state index in [-0.39, 0.29) is 12.3 Å². The van der Waals surface area contributed by atoms with Gasteiger partial charge in [0.25, 0.3) is 0 Å². The molecule has 0 aliphatic carbocycles. The van der Waals surface area contributed by atoms with Crippen molar-refractivity contribution in [2.45, 2.75) is 20.3 Å². The molecule has 1 aromatic heterocycles. The monoisotopic (exact) mass is 269 g/mol. The summed E-state index contributed by atoms with van der Waals surface area (Å²) in [6.45, 7) is 4.62. The highest BCUT2D eigenvalue weighted by molar-refractivity contribution is 5.95. The van der Waals surface area contributed by atoms with Crippen molar-refractivity contribution < 1.29 is 4.79 Å². The maximum atomic E-state index is 12.4. The van der Waals surface area contributed by atoms with E-state index in [2.05, 4.69) is 4.98 Å². The molecular weight excluding hydrogens is 250 g/mol. The van der Waals surface area contributed by atoms with E-state index in [1.54, 1.807) is 23.2 Å². The third kappa shape index (κ3) is 3.15. The van der Waals surface area contributed by atoms with Crippen molar-refractivity contribution in [3.8, 4) is 0 Å². The minimum atomic E-state index is 0.0408. The number of carbonyl (C=O) groups is 1. The SMILES string of the molecule is CCN(C(=O)Cc1ccc(N)cn1)c1ccccc1C. The predicted molar refractivity (Wildman–Crippen MR) is 81.6 cm³/mol. The molecule has 4 nitrogen and oxygen atoms in total. The van der Waals surface area contributed by atoms with Crippen molar-refractivity contribution in [1.82, 2.24) is 4.98 Å². The third-order valence-electron chi connectivity index (χ3n) is 3.20. The van der Waals surface area contributed by atoms with E-state index in [0.29, 0.717) is 12.2 Å². The average molecular weight is 269 g/mol. The van der Waals surface area contributed by atoms with Gasteiger partial charge in [0.15, 0.2) is 0 Å². The van der Waals surface area contributed by atoms with E-state index in [1.165, 1.54) is 0 Å². The molecule has 104 valence electrons. The van der Waals surface area contributed by atoms with Gasteiger partial charge in [-0.05, 0) is 37.6 Å². The van der Waals surface area contributed by atoms with Gasteiger partial charge >= 0.3 is 0 Å². The Hall–Kier alpha value is -2.36. The Morgan fingerprint density at radius 3 is 2.60 bits per heavy atom. The molecule has 0 saturated carbocycles. The molecule has 4 heteroatoms. The van der Waals surface area contributed by atoms with Crippen LogP contribution >= 0.6 is 0 Å². The molecule has 1 amide bonds. The number of aryl methyl sites for hydroxylation is 1. The Labute approximate surface area is 119 Å². The number of para-hydroxylation sites is 1. The van der Waals surface area contributed by atoms with Crippen LogP contribution in [-0.4, -0.2) is 17.4 Å². The number of benzene rings is 1. The molecule has 0 saturated heterocycles. The van der Waals surface area contributed by atoms with Crippen LogP contribution in [0.5, 0.6) is 0 Å². The summed E-state index contributed by atoms with van der Waals surface area (Å²) in [7, 11) is 0. The summed E-state index contributed by atoms with van der Waals surface area (Å²) in [5, 5.41) is 0. The molecule has 1 heterocycles. The lowest BCUT2D eigenvalue weighted by atomic mass is 10.1. The van der Waals surface area contributed by atoms with Crippen LogP contribution in [0.25, 0.3) is 0 Å². The van der Waals surface area contributed by atoms with Crippen LogP contribution in [-0.2, 0) is 11.2 Å². The highest BCUT2D eigenvalue weighted by Gasteiger charge is 2.16. The second kappa shape index (κ2) is 6.19. The molecule has 0 bridgehead atoms. The fraction of sp³-hybridized carbons (Fsp3) is 0.250. The van der Waals surface area contributed by atoms with Gasteiger partial charge in [-0.1, -0.05) is 18.2 Å². The van der Waals surface area contributed by atoms with Crippen LogP contribution in [0.15, 0.2) is 42.6 Å². The predicted octanol–water partition coefficient (Wildman–Crippen LogP) is 2.57. The zero-order valence-corrected chi connectivity index (χ0v) is 11.8. The van der Waals surface area contributed by atoms with Crippen LogP contribution < -0.4 is 10.6 Å². The number of carbonyl (C=O) groups excluding carboxylic acids is 1. The first-order valence-electron chi connectivity index (χ1n) is 6.68. The number of nitrogens with two attached hydrogens (primary N) is 1. The Balaban J connectivity index is 2.18. The molecule has 2 N–H and O–H groups in total. The molecule has 0 atom stereocenters. The quantitative estimate of drug-likeness (QED) is 0.928. The second-order valence-electron chi connectivity index (χ2n) is 4.68. The van der Waals surface area contributed by atoms with E-state index < -0.39 is 0 Å². The lowest BCUT2D eigenvalue weighted by Crippen LogP contribution is -2.32. The number of rotatable bonds is 4. The standard InChI is InChI=1S/C16H19N3O/c1-3-19(15-7-5-4-6-12(15)2)16(20)10-14-9-8-13(17)11-18-14/h4-9,11H,3,10,17H2,1-2H3. The summed E-state index contributed by atoms with van der Waals surface area (Å²) in [6, 6.07) is 11.4. The number of anilines is 2. The number of pyridine rings is 1. The summed E-state index contributed by atoms with van der Waals surface area (Å²) in [4.78, 5) is 18.4. The number of amides is 1. The summed E-state index contributed by atoms with van der Waals surface area (Å²) < 4.78 is 0. The van der Waals surface area contributed by atoms with Crippen LogP contribution in [0.3, 0.4) is 0 Å². The Morgan fingerprint density at radius 2 is 2.00 bits per heavy atom. The van der Waals surface area contributed by atoms with Gasteiger partial charge in [-0.3, -0.25) is 9.78 Å². The summed E-state index contributed by atoms with van der Waals surface area (Å²) in [5.74, 6) is 0.0408. The number of hydrogen-bond donors (Lipinski definition) is 1. The topological polar surface area (TPSA) is 59.2 Å². The van der Waals surface area contributed by atoms with Gasteiger partial charge in [0.05, 0.1) is 18.3 Å². The second-order valence-corrected chi connectivity index (χ2v) is 4.68. The minimum absolute atomic E-state index is 0.0408. The molecule has 2 aromatic rings. The number of nitrogen functional groups attached to an aromatic ring is 1. The molecule has 1 aromatic carbocycles. The van der Waals surface area contributed by atoms with Gasteiger partial charge in [-0.15, -0.1) is 0 Å². The van der Waals surface area contributed by atoms with Crippen molar-refractivity contribution in [1.29, 1.82) is 0 Å². The van der Waals surface area contributed by atoms with E-state index in [9.17, 15) is 4.79 Å². The van der Waals surface area contributed by atoms with Crippen LogP contribution in [0.4, 0.5) is 11.4 Å². The fourth-order valence-electron chi connectivity index (χ4n) is 2.14. The highest BCUT2D eigenvalue weighted by Crippen LogP contribution is 2.20. The molecule has 0 spiro atoms. The third-order valence-corrected chi connectivity index (χ3v) is 3.20. The van der Waals surface area contributed by atoms with Crippen LogP contribution in [0, 0.1) is 6.92 Å². The molecule has 0 unspecified atom stereocenters.